The maximum Gasteiger partial charge on any atom is 0.224 e. The molecule has 0 aliphatic heterocycles. The topological polar surface area (TPSA) is 44.1 Å². The monoisotopic (exact) mass is 273 g/mol. The number of hydrogen-bond acceptors (Lipinski definition) is 3. The van der Waals surface area contributed by atoms with E-state index < -0.39 is 0 Å². The molecule has 0 amide bonds. The zero-order valence-corrected chi connectivity index (χ0v) is 12.7. The fourth-order valence-corrected chi connectivity index (χ4v) is 1.53. The smallest absolute Gasteiger partial charge is 0.224 e. The Hall–Kier alpha value is -2.01. The largest absolute Gasteiger partial charge is 0.343 e. The molecular weight excluding hydrogens is 250 g/mol. The van der Waals surface area contributed by atoms with Gasteiger partial charge in [-0.05, 0) is 45.4 Å². The highest BCUT2D eigenvalue weighted by Crippen LogP contribution is 2.09. The van der Waals surface area contributed by atoms with E-state index in [-0.39, 0.29) is 0 Å². The lowest BCUT2D eigenvalue weighted by atomic mass is 10.2. The van der Waals surface area contributed by atoms with Gasteiger partial charge in [0.25, 0.3) is 0 Å². The first-order valence-electron chi connectivity index (χ1n) is 6.53. The fourth-order valence-electron chi connectivity index (χ4n) is 1.53. The molecule has 0 aromatic carbocycles. The van der Waals surface area contributed by atoms with Crippen LogP contribution in [0.4, 0.5) is 0 Å². The van der Waals surface area contributed by atoms with Gasteiger partial charge < -0.3 is 9.80 Å². The van der Waals surface area contributed by atoms with Crippen molar-refractivity contribution in [1.82, 2.24) is 14.8 Å². The fraction of sp³-hybridized carbons (Fsp3) is 0.400. The molecule has 0 spiro atoms. The van der Waals surface area contributed by atoms with Gasteiger partial charge in [0.2, 0.25) is 5.96 Å². The second kappa shape index (κ2) is 8.22. The second-order valence-corrected chi connectivity index (χ2v) is 4.84. The third kappa shape index (κ3) is 5.32. The maximum atomic E-state index is 4.39. The Balaban J connectivity index is 2.76. The maximum absolute atomic E-state index is 4.39. The van der Waals surface area contributed by atoms with Gasteiger partial charge in [0.15, 0.2) is 0 Å². The van der Waals surface area contributed by atoms with Crippen molar-refractivity contribution in [3.05, 3.63) is 36.3 Å². The van der Waals surface area contributed by atoms with Gasteiger partial charge in [-0.3, -0.25) is 4.98 Å². The molecule has 0 fully saturated rings. The first-order chi connectivity index (χ1) is 9.54. The summed E-state index contributed by atoms with van der Waals surface area (Å²) in [6.45, 7) is 7.34. The van der Waals surface area contributed by atoms with Crippen molar-refractivity contribution in [2.45, 2.75) is 6.92 Å². The molecule has 0 unspecified atom stereocenters. The van der Waals surface area contributed by atoms with Gasteiger partial charge in [0.05, 0.1) is 5.69 Å². The highest BCUT2D eigenvalue weighted by molar-refractivity contribution is 5.85. The third-order valence-corrected chi connectivity index (χ3v) is 2.81. The molecule has 0 atom stereocenters. The summed E-state index contributed by atoms with van der Waals surface area (Å²) in [5, 5.41) is 0. The quantitative estimate of drug-likeness (QED) is 0.609. The van der Waals surface area contributed by atoms with Crippen molar-refractivity contribution in [3.63, 3.8) is 0 Å². The van der Waals surface area contributed by atoms with Crippen LogP contribution in [0.3, 0.4) is 0 Å². The molecular formula is C15H23N5. The van der Waals surface area contributed by atoms with Crippen LogP contribution in [-0.4, -0.2) is 61.7 Å². The van der Waals surface area contributed by atoms with Crippen LogP contribution >= 0.6 is 0 Å². The van der Waals surface area contributed by atoms with E-state index in [1.54, 1.807) is 12.4 Å². The summed E-state index contributed by atoms with van der Waals surface area (Å²) in [6.07, 6.45) is 3.55. The van der Waals surface area contributed by atoms with E-state index >= 15 is 0 Å². The van der Waals surface area contributed by atoms with Crippen molar-refractivity contribution >= 4 is 18.3 Å². The van der Waals surface area contributed by atoms with Crippen LogP contribution in [0.2, 0.25) is 0 Å². The van der Waals surface area contributed by atoms with E-state index in [0.717, 1.165) is 24.4 Å². The number of nitrogens with zero attached hydrogens (tertiary/aromatic N) is 5. The molecule has 0 N–H and O–H groups in total. The lowest BCUT2D eigenvalue weighted by molar-refractivity contribution is 0.356. The SMILES string of the molecule is C=N/C(=N\C=C(/C)c1ccccn1)N(C)CCN(C)C. The van der Waals surface area contributed by atoms with Gasteiger partial charge in [-0.2, -0.15) is 0 Å². The van der Waals surface area contributed by atoms with Crippen molar-refractivity contribution in [3.8, 4) is 0 Å². The summed E-state index contributed by atoms with van der Waals surface area (Å²) in [4.78, 5) is 16.7. The van der Waals surface area contributed by atoms with Crippen molar-refractivity contribution in [1.29, 1.82) is 0 Å². The molecule has 5 nitrogen and oxygen atoms in total. The number of aliphatic imine (C=N–C) groups is 2. The summed E-state index contributed by atoms with van der Waals surface area (Å²) in [5.41, 5.74) is 1.91. The Labute approximate surface area is 121 Å². The average Bonchev–Trinajstić information content (AvgIpc) is 2.46. The average molecular weight is 273 g/mol. The molecule has 0 bridgehead atoms. The zero-order valence-electron chi connectivity index (χ0n) is 12.7. The van der Waals surface area contributed by atoms with E-state index in [1.165, 1.54) is 0 Å². The first kappa shape index (κ1) is 16.0. The lowest BCUT2D eigenvalue weighted by Crippen LogP contribution is -2.32. The van der Waals surface area contributed by atoms with Crippen molar-refractivity contribution in [2.75, 3.05) is 34.2 Å². The molecule has 20 heavy (non-hydrogen) atoms. The van der Waals surface area contributed by atoms with E-state index in [4.69, 9.17) is 0 Å². The van der Waals surface area contributed by atoms with E-state index in [2.05, 4.69) is 26.6 Å². The number of allylic oxidation sites excluding steroid dienone is 1. The highest BCUT2D eigenvalue weighted by atomic mass is 15.3. The molecule has 5 heteroatoms. The van der Waals surface area contributed by atoms with Crippen molar-refractivity contribution < 1.29 is 0 Å². The van der Waals surface area contributed by atoms with E-state index in [1.807, 2.05) is 51.2 Å². The number of rotatable bonds is 5. The van der Waals surface area contributed by atoms with Gasteiger partial charge in [-0.15, -0.1) is 0 Å². The molecule has 0 aliphatic carbocycles. The Morgan fingerprint density at radius 1 is 1.30 bits per heavy atom. The van der Waals surface area contributed by atoms with Gasteiger partial charge in [0, 0.05) is 32.5 Å². The van der Waals surface area contributed by atoms with Crippen LogP contribution < -0.4 is 0 Å². The number of likely N-dealkylation sites (N-methyl/N-ethyl adjacent to an activating group) is 2. The third-order valence-electron chi connectivity index (χ3n) is 2.81. The van der Waals surface area contributed by atoms with E-state index in [0.29, 0.717) is 5.96 Å². The summed E-state index contributed by atoms with van der Waals surface area (Å²) in [6, 6.07) is 5.81. The molecule has 0 saturated heterocycles. The first-order valence-corrected chi connectivity index (χ1v) is 6.53. The van der Waals surface area contributed by atoms with Crippen LogP contribution in [0, 0.1) is 0 Å². The summed E-state index contributed by atoms with van der Waals surface area (Å²) in [5.74, 6) is 0.613. The molecule has 0 saturated carbocycles. The summed E-state index contributed by atoms with van der Waals surface area (Å²) in [7, 11) is 6.04. The molecule has 1 heterocycles. The molecule has 108 valence electrons. The number of aromatic nitrogens is 1. The van der Waals surface area contributed by atoms with Gasteiger partial charge in [0.1, 0.15) is 0 Å². The summed E-state index contributed by atoms with van der Waals surface area (Å²) < 4.78 is 0. The Morgan fingerprint density at radius 2 is 2.05 bits per heavy atom. The van der Waals surface area contributed by atoms with E-state index in [9.17, 15) is 0 Å². The minimum Gasteiger partial charge on any atom is -0.343 e. The predicted octanol–water partition coefficient (Wildman–Crippen LogP) is 1.99. The van der Waals surface area contributed by atoms with Crippen molar-refractivity contribution in [2.24, 2.45) is 9.98 Å². The Bertz CT molecular complexity index is 476. The van der Waals surface area contributed by atoms with Gasteiger partial charge in [-0.1, -0.05) is 6.07 Å². The van der Waals surface area contributed by atoms with Crippen LogP contribution in [0.5, 0.6) is 0 Å². The summed E-state index contributed by atoms with van der Waals surface area (Å²) >= 11 is 0. The lowest BCUT2D eigenvalue weighted by Gasteiger charge is -2.19. The zero-order chi connectivity index (χ0) is 15.0. The minimum atomic E-state index is 0.613. The van der Waals surface area contributed by atoms with Crippen LogP contribution in [0.25, 0.3) is 5.57 Å². The number of guanidine groups is 1. The highest BCUT2D eigenvalue weighted by Gasteiger charge is 2.04. The normalized spacial score (nSPS) is 12.7. The molecule has 1 aromatic heterocycles. The minimum absolute atomic E-state index is 0.613. The molecule has 0 radical (unpaired) electrons. The standard InChI is InChI=1S/C15H23N5/c1-13(14-8-6-7-9-17-14)12-18-15(16-2)20(5)11-10-19(3)4/h6-9,12H,2,10-11H2,1,3-5H3/b13-12+,18-15+. The Morgan fingerprint density at radius 3 is 2.60 bits per heavy atom. The van der Waals surface area contributed by atoms with Gasteiger partial charge >= 0.3 is 0 Å². The van der Waals surface area contributed by atoms with Crippen LogP contribution in [-0.2, 0) is 0 Å². The van der Waals surface area contributed by atoms with Crippen LogP contribution in [0.15, 0.2) is 40.6 Å². The molecule has 0 aliphatic rings. The van der Waals surface area contributed by atoms with Gasteiger partial charge in [-0.25, -0.2) is 9.98 Å². The molecule has 1 aromatic rings. The number of hydrogen-bond donors (Lipinski definition) is 0. The molecule has 1 rings (SSSR count). The Kier molecular flexibility index (Phi) is 6.59. The second-order valence-electron chi connectivity index (χ2n) is 4.84. The number of pyridine rings is 1. The predicted molar refractivity (Wildman–Crippen MR) is 86.1 cm³/mol. The van der Waals surface area contributed by atoms with Crippen LogP contribution in [0.1, 0.15) is 12.6 Å².